The summed E-state index contributed by atoms with van der Waals surface area (Å²) in [6, 6.07) is 10.3. The summed E-state index contributed by atoms with van der Waals surface area (Å²) in [5, 5.41) is 0. The van der Waals surface area contributed by atoms with Gasteiger partial charge in [-0.05, 0) is 43.3 Å². The standard InChI is InChI=1S/C19H16N2O5S/c1-3-24-18(23)12-4-6-13-16(9-12)27-19(21(13)2)20-17(22)11-5-7-14-15(8-11)26-10-25-14/h4-9H,3,10H2,1-2H3. The fourth-order valence-corrected chi connectivity index (χ4v) is 3.82. The van der Waals surface area contributed by atoms with Gasteiger partial charge in [0.15, 0.2) is 16.3 Å². The van der Waals surface area contributed by atoms with Crippen LogP contribution in [0.5, 0.6) is 11.5 Å². The van der Waals surface area contributed by atoms with Crippen LogP contribution in [0.4, 0.5) is 0 Å². The Kier molecular flexibility index (Phi) is 4.41. The lowest BCUT2D eigenvalue weighted by molar-refractivity contribution is 0.0526. The third kappa shape index (κ3) is 3.19. The van der Waals surface area contributed by atoms with Crippen LogP contribution in [0.15, 0.2) is 41.4 Å². The second-order valence-corrected chi connectivity index (χ2v) is 6.84. The minimum Gasteiger partial charge on any atom is -0.462 e. The molecule has 1 aliphatic heterocycles. The predicted octanol–water partition coefficient (Wildman–Crippen LogP) is 2.89. The average molecular weight is 384 g/mol. The lowest BCUT2D eigenvalue weighted by Crippen LogP contribution is -2.13. The lowest BCUT2D eigenvalue weighted by Gasteiger charge is -2.01. The van der Waals surface area contributed by atoms with Gasteiger partial charge in [0.05, 0.1) is 22.4 Å². The first-order valence-electron chi connectivity index (χ1n) is 8.32. The van der Waals surface area contributed by atoms with Crippen molar-refractivity contribution in [2.75, 3.05) is 13.4 Å². The fraction of sp³-hybridized carbons (Fsp3) is 0.211. The largest absolute Gasteiger partial charge is 0.462 e. The van der Waals surface area contributed by atoms with E-state index in [4.69, 9.17) is 14.2 Å². The predicted molar refractivity (Wildman–Crippen MR) is 99.2 cm³/mol. The Morgan fingerprint density at radius 2 is 1.93 bits per heavy atom. The van der Waals surface area contributed by atoms with E-state index in [0.717, 1.165) is 10.2 Å². The molecule has 7 nitrogen and oxygen atoms in total. The highest BCUT2D eigenvalue weighted by Crippen LogP contribution is 2.32. The second kappa shape index (κ2) is 6.88. The summed E-state index contributed by atoms with van der Waals surface area (Å²) in [6.45, 7) is 2.23. The molecule has 1 amide bonds. The smallest absolute Gasteiger partial charge is 0.338 e. The highest BCUT2D eigenvalue weighted by molar-refractivity contribution is 7.16. The van der Waals surface area contributed by atoms with Crippen molar-refractivity contribution in [1.29, 1.82) is 0 Å². The maximum atomic E-state index is 12.6. The molecule has 1 aromatic heterocycles. The Bertz CT molecular complexity index is 1130. The summed E-state index contributed by atoms with van der Waals surface area (Å²) in [6.07, 6.45) is 0. The summed E-state index contributed by atoms with van der Waals surface area (Å²) in [5.41, 5.74) is 1.77. The van der Waals surface area contributed by atoms with Gasteiger partial charge in [0.2, 0.25) is 6.79 Å². The van der Waals surface area contributed by atoms with Gasteiger partial charge in [-0.2, -0.15) is 4.99 Å². The van der Waals surface area contributed by atoms with Gasteiger partial charge in [-0.25, -0.2) is 4.79 Å². The van der Waals surface area contributed by atoms with Crippen LogP contribution in [-0.4, -0.2) is 29.8 Å². The zero-order chi connectivity index (χ0) is 19.0. The molecule has 138 valence electrons. The molecule has 1 aliphatic rings. The van der Waals surface area contributed by atoms with Crippen LogP contribution in [0.25, 0.3) is 10.2 Å². The first-order valence-corrected chi connectivity index (χ1v) is 9.14. The van der Waals surface area contributed by atoms with Crippen LogP contribution in [0, 0.1) is 0 Å². The minimum absolute atomic E-state index is 0.151. The quantitative estimate of drug-likeness (QED) is 0.649. The molecule has 0 aliphatic carbocycles. The molecule has 0 fully saturated rings. The molecule has 0 N–H and O–H groups in total. The van der Waals surface area contributed by atoms with Crippen molar-refractivity contribution in [1.82, 2.24) is 4.57 Å². The molecule has 3 aromatic rings. The Hall–Kier alpha value is -3.13. The van der Waals surface area contributed by atoms with Crippen molar-refractivity contribution in [3.05, 3.63) is 52.3 Å². The molecule has 0 saturated heterocycles. The molecule has 0 atom stereocenters. The van der Waals surface area contributed by atoms with Crippen molar-refractivity contribution in [3.8, 4) is 11.5 Å². The van der Waals surface area contributed by atoms with Crippen molar-refractivity contribution in [2.24, 2.45) is 12.0 Å². The van der Waals surface area contributed by atoms with Gasteiger partial charge in [-0.15, -0.1) is 0 Å². The monoisotopic (exact) mass is 384 g/mol. The van der Waals surface area contributed by atoms with Crippen molar-refractivity contribution >= 4 is 33.4 Å². The SMILES string of the molecule is CCOC(=O)c1ccc2c(c1)sc(=NC(=O)c1ccc3c(c1)OCO3)n2C. The molecule has 0 unspecified atom stereocenters. The molecule has 8 heteroatoms. The van der Waals surface area contributed by atoms with E-state index in [2.05, 4.69) is 4.99 Å². The number of amides is 1. The van der Waals surface area contributed by atoms with Gasteiger partial charge in [0.1, 0.15) is 0 Å². The summed E-state index contributed by atoms with van der Waals surface area (Å²) >= 11 is 1.33. The molecule has 4 rings (SSSR count). The van der Waals surface area contributed by atoms with Gasteiger partial charge in [-0.1, -0.05) is 11.3 Å². The third-order valence-corrected chi connectivity index (χ3v) is 5.23. The number of hydrogen-bond acceptors (Lipinski definition) is 6. The number of rotatable bonds is 3. The Morgan fingerprint density at radius 1 is 1.15 bits per heavy atom. The average Bonchev–Trinajstić information content (AvgIpc) is 3.25. The molecule has 0 spiro atoms. The molecule has 2 aromatic carbocycles. The number of esters is 1. The van der Waals surface area contributed by atoms with Crippen LogP contribution in [-0.2, 0) is 11.8 Å². The summed E-state index contributed by atoms with van der Waals surface area (Å²) in [5.74, 6) is 0.410. The van der Waals surface area contributed by atoms with Crippen LogP contribution < -0.4 is 14.3 Å². The van der Waals surface area contributed by atoms with Gasteiger partial charge in [0, 0.05) is 12.6 Å². The molecule has 0 bridgehead atoms. The normalized spacial score (nSPS) is 13.2. The van der Waals surface area contributed by atoms with E-state index in [1.54, 1.807) is 37.3 Å². The number of carbonyl (C=O) groups excluding carboxylic acids is 2. The van der Waals surface area contributed by atoms with Crippen LogP contribution >= 0.6 is 11.3 Å². The number of hydrogen-bond donors (Lipinski definition) is 0. The summed E-state index contributed by atoms with van der Waals surface area (Å²) < 4.78 is 18.3. The molecule has 0 saturated carbocycles. The van der Waals surface area contributed by atoms with E-state index in [1.165, 1.54) is 11.3 Å². The van der Waals surface area contributed by atoms with E-state index < -0.39 is 0 Å². The van der Waals surface area contributed by atoms with Crippen LogP contribution in [0.1, 0.15) is 27.6 Å². The lowest BCUT2D eigenvalue weighted by atomic mass is 10.2. The minimum atomic E-state index is -0.374. The molecular formula is C19H16N2O5S. The van der Waals surface area contributed by atoms with Crippen molar-refractivity contribution in [2.45, 2.75) is 6.92 Å². The topological polar surface area (TPSA) is 79.1 Å². The van der Waals surface area contributed by atoms with E-state index in [1.807, 2.05) is 17.7 Å². The number of aryl methyl sites for hydroxylation is 1. The van der Waals surface area contributed by atoms with E-state index in [9.17, 15) is 9.59 Å². The Morgan fingerprint density at radius 3 is 2.74 bits per heavy atom. The van der Waals surface area contributed by atoms with E-state index in [-0.39, 0.29) is 18.7 Å². The van der Waals surface area contributed by atoms with Crippen molar-refractivity contribution < 1.29 is 23.8 Å². The first kappa shape index (κ1) is 17.3. The molecular weight excluding hydrogens is 368 g/mol. The number of benzene rings is 2. The first-order chi connectivity index (χ1) is 13.1. The number of fused-ring (bicyclic) bond motifs is 2. The van der Waals surface area contributed by atoms with Crippen LogP contribution in [0.2, 0.25) is 0 Å². The fourth-order valence-electron chi connectivity index (χ4n) is 2.76. The second-order valence-electron chi connectivity index (χ2n) is 5.83. The third-order valence-electron chi connectivity index (χ3n) is 4.14. The highest BCUT2D eigenvalue weighted by Gasteiger charge is 2.16. The van der Waals surface area contributed by atoms with Gasteiger partial charge < -0.3 is 18.8 Å². The Balaban J connectivity index is 1.71. The maximum Gasteiger partial charge on any atom is 0.338 e. The molecule has 2 heterocycles. The zero-order valence-corrected chi connectivity index (χ0v) is 15.5. The van der Waals surface area contributed by atoms with Gasteiger partial charge >= 0.3 is 5.97 Å². The number of nitrogens with zero attached hydrogens (tertiary/aromatic N) is 2. The molecule has 0 radical (unpaired) electrons. The number of carbonyl (C=O) groups is 2. The number of ether oxygens (including phenoxy) is 3. The Labute approximate surface area is 158 Å². The van der Waals surface area contributed by atoms with E-state index in [0.29, 0.717) is 34.0 Å². The maximum absolute atomic E-state index is 12.6. The number of thiazole rings is 1. The summed E-state index contributed by atoms with van der Waals surface area (Å²) in [4.78, 5) is 29.2. The van der Waals surface area contributed by atoms with E-state index >= 15 is 0 Å². The zero-order valence-electron chi connectivity index (χ0n) is 14.7. The number of aromatic nitrogens is 1. The highest BCUT2D eigenvalue weighted by atomic mass is 32.1. The molecule has 27 heavy (non-hydrogen) atoms. The summed E-state index contributed by atoms with van der Waals surface area (Å²) in [7, 11) is 1.83. The van der Waals surface area contributed by atoms with Gasteiger partial charge in [0.25, 0.3) is 5.91 Å². The van der Waals surface area contributed by atoms with Gasteiger partial charge in [-0.3, -0.25) is 4.79 Å². The van der Waals surface area contributed by atoms with Crippen LogP contribution in [0.3, 0.4) is 0 Å². The van der Waals surface area contributed by atoms with Crippen molar-refractivity contribution in [3.63, 3.8) is 0 Å².